The number of allylic oxidation sites excluding steroid dienone is 8. The molecule has 0 aromatic carbocycles. The van der Waals surface area contributed by atoms with E-state index in [-0.39, 0.29) is 27.6 Å². The second-order valence-electron chi connectivity index (χ2n) is 20.7. The first-order chi connectivity index (χ1) is 26.1. The van der Waals surface area contributed by atoms with E-state index in [1.165, 1.54) is 80.8 Å². The van der Waals surface area contributed by atoms with Crippen molar-refractivity contribution in [2.45, 2.75) is 169 Å². The molecule has 9 aliphatic carbocycles. The van der Waals surface area contributed by atoms with Gasteiger partial charge in [0.2, 0.25) is 0 Å². The normalized spacial score (nSPS) is 45.6. The van der Waals surface area contributed by atoms with Crippen LogP contribution in [0.1, 0.15) is 158 Å². The van der Waals surface area contributed by atoms with Crippen molar-refractivity contribution in [1.29, 1.82) is 0 Å². The first-order valence-corrected chi connectivity index (χ1v) is 22.3. The Hall–Kier alpha value is -2.87. The predicted molar refractivity (Wildman–Crippen MR) is 217 cm³/mol. The highest BCUT2D eigenvalue weighted by atomic mass is 16.6. The van der Waals surface area contributed by atoms with Crippen LogP contribution in [0.15, 0.2) is 46.8 Å². The number of rotatable bonds is 4. The van der Waals surface area contributed by atoms with Crippen LogP contribution in [-0.4, -0.2) is 29.2 Å². The molecule has 0 amide bonds. The molecule has 5 fully saturated rings. The fourth-order valence-electron chi connectivity index (χ4n) is 15.2. The number of ketones is 2. The van der Waals surface area contributed by atoms with Crippen molar-refractivity contribution in [3.63, 3.8) is 0 Å². The maximum Gasteiger partial charge on any atom is 0.304 e. The number of esters is 1. The van der Waals surface area contributed by atoms with E-state index < -0.39 is 5.60 Å². The van der Waals surface area contributed by atoms with Gasteiger partial charge in [-0.15, -0.1) is 6.42 Å². The van der Waals surface area contributed by atoms with Gasteiger partial charge in [-0.05, 0) is 186 Å². The largest absolute Gasteiger partial charge is 0.495 e. The Morgan fingerprint density at radius 1 is 0.800 bits per heavy atom. The monoisotopic (exact) mass is 749 g/mol. The summed E-state index contributed by atoms with van der Waals surface area (Å²) in [5.74, 6) is 9.02. The highest BCUT2D eigenvalue weighted by Crippen LogP contribution is 2.70. The first-order valence-electron chi connectivity index (χ1n) is 22.3. The Morgan fingerprint density at radius 3 is 2.22 bits per heavy atom. The van der Waals surface area contributed by atoms with Gasteiger partial charge in [0, 0.05) is 30.6 Å². The number of ether oxygens (including phenoxy) is 2. The van der Waals surface area contributed by atoms with Gasteiger partial charge in [-0.3, -0.25) is 14.4 Å². The maximum atomic E-state index is 12.5. The van der Waals surface area contributed by atoms with Crippen LogP contribution in [0.3, 0.4) is 0 Å². The van der Waals surface area contributed by atoms with Gasteiger partial charge < -0.3 is 9.47 Å². The van der Waals surface area contributed by atoms with Crippen molar-refractivity contribution in [3.8, 4) is 12.3 Å². The topological polar surface area (TPSA) is 69.7 Å². The van der Waals surface area contributed by atoms with E-state index in [1.807, 2.05) is 6.08 Å². The molecule has 0 aromatic heterocycles. The molecule has 0 bridgehead atoms. The number of terminal acetylenes is 1. The van der Waals surface area contributed by atoms with Gasteiger partial charge in [0.15, 0.2) is 11.4 Å². The van der Waals surface area contributed by atoms with Gasteiger partial charge in [0.05, 0.1) is 11.9 Å². The molecule has 0 heterocycles. The van der Waals surface area contributed by atoms with Crippen molar-refractivity contribution < 1.29 is 23.9 Å². The highest BCUT2D eigenvalue weighted by Gasteiger charge is 2.65. The molecule has 0 unspecified atom stereocenters. The number of carbonyl (C=O) groups is 3. The molecule has 9 aliphatic rings. The number of hydrogen-bond donors (Lipinski definition) is 0. The van der Waals surface area contributed by atoms with Crippen LogP contribution in [0.4, 0.5) is 0 Å². The van der Waals surface area contributed by atoms with E-state index in [0.717, 1.165) is 57.3 Å². The minimum absolute atomic E-state index is 0.0961. The Labute approximate surface area is 332 Å². The van der Waals surface area contributed by atoms with Gasteiger partial charge in [0.25, 0.3) is 0 Å². The molecule has 0 aromatic rings. The fourth-order valence-corrected chi connectivity index (χ4v) is 15.2. The molecular weight excluding hydrogens is 681 g/mol. The molecule has 0 spiro atoms. The van der Waals surface area contributed by atoms with Crippen LogP contribution in [0.25, 0.3) is 0 Å². The van der Waals surface area contributed by atoms with Gasteiger partial charge >= 0.3 is 5.97 Å². The van der Waals surface area contributed by atoms with E-state index in [9.17, 15) is 14.4 Å². The van der Waals surface area contributed by atoms with Gasteiger partial charge in [-0.1, -0.05) is 51.3 Å². The summed E-state index contributed by atoms with van der Waals surface area (Å²) in [6, 6.07) is 0. The summed E-state index contributed by atoms with van der Waals surface area (Å²) in [4.78, 5) is 36.4. The lowest BCUT2D eigenvalue weighted by Crippen LogP contribution is -2.53. The summed E-state index contributed by atoms with van der Waals surface area (Å²) in [5.41, 5.74) is 3.45. The quantitative estimate of drug-likeness (QED) is 0.211. The van der Waals surface area contributed by atoms with Gasteiger partial charge in [-0.2, -0.15) is 0 Å². The Morgan fingerprint density at radius 2 is 1.51 bits per heavy atom. The van der Waals surface area contributed by atoms with E-state index in [2.05, 4.69) is 58.8 Å². The van der Waals surface area contributed by atoms with Crippen LogP contribution in [0, 0.1) is 75.4 Å². The number of carbonyl (C=O) groups excluding carboxylic acids is 3. The molecule has 0 radical (unpaired) electrons. The second kappa shape index (κ2) is 13.9. The summed E-state index contributed by atoms with van der Waals surface area (Å²) in [5, 5.41) is 0. The van der Waals surface area contributed by atoms with E-state index >= 15 is 0 Å². The molecule has 5 saturated carbocycles. The van der Waals surface area contributed by atoms with Crippen molar-refractivity contribution in [3.05, 3.63) is 46.8 Å². The van der Waals surface area contributed by atoms with Gasteiger partial charge in [-0.25, -0.2) is 0 Å². The molecule has 0 N–H and O–H groups in total. The molecule has 9 rings (SSSR count). The molecule has 5 heteroatoms. The smallest absolute Gasteiger partial charge is 0.304 e. The van der Waals surface area contributed by atoms with E-state index in [0.29, 0.717) is 59.6 Å². The van der Waals surface area contributed by atoms with E-state index in [4.69, 9.17) is 15.9 Å². The predicted octanol–water partition coefficient (Wildman–Crippen LogP) is 11.2. The lowest BCUT2D eigenvalue weighted by Gasteiger charge is -2.58. The molecular formula is C50H68O5. The maximum absolute atomic E-state index is 12.5. The minimum atomic E-state index is -0.715. The SMILES string of the molecule is C#C[C@]1(OC(C)=O)CC[C@H]2[C@@H]3CC=C4C=C(OC5CCCC5)CC[C@@H]4[C@H]3CC[C@@]21C.CC(=O)[C@@]1(C)CC[C@H]2[C@@H]3C=C(C)C4=CC(=O)CC[C@]4(C)[C@H]3CC[C@@]21C. The molecule has 5 nitrogen and oxygen atoms in total. The molecule has 298 valence electrons. The minimum Gasteiger partial charge on any atom is -0.495 e. The molecule has 0 saturated heterocycles. The van der Waals surface area contributed by atoms with Crippen molar-refractivity contribution >= 4 is 17.5 Å². The summed E-state index contributed by atoms with van der Waals surface area (Å²) in [6.45, 7) is 14.8. The number of Topliss-reactive ketones (excluding diaryl/α,β-unsaturated/α-hetero) is 1. The molecule has 55 heavy (non-hydrogen) atoms. The third kappa shape index (κ3) is 5.94. The average Bonchev–Trinajstić information content (AvgIpc) is 3.84. The number of hydrogen-bond acceptors (Lipinski definition) is 5. The zero-order valence-corrected chi connectivity index (χ0v) is 35.1. The van der Waals surface area contributed by atoms with Crippen molar-refractivity contribution in [2.75, 3.05) is 0 Å². The van der Waals surface area contributed by atoms with E-state index in [1.54, 1.807) is 6.92 Å². The lowest BCUT2D eigenvalue weighted by atomic mass is 9.46. The summed E-state index contributed by atoms with van der Waals surface area (Å²) < 4.78 is 12.2. The van der Waals surface area contributed by atoms with Crippen LogP contribution in [0.2, 0.25) is 0 Å². The lowest BCUT2D eigenvalue weighted by molar-refractivity contribution is -0.167. The number of fused-ring (bicyclic) bond motifs is 10. The van der Waals surface area contributed by atoms with Crippen LogP contribution < -0.4 is 0 Å². The van der Waals surface area contributed by atoms with Crippen molar-refractivity contribution in [2.24, 2.45) is 63.1 Å². The van der Waals surface area contributed by atoms with Crippen LogP contribution in [-0.2, 0) is 23.9 Å². The zero-order valence-electron chi connectivity index (χ0n) is 35.1. The fraction of sp³-hybridized carbons (Fsp3) is 0.740. The van der Waals surface area contributed by atoms with Crippen molar-refractivity contribution in [1.82, 2.24) is 0 Å². The summed E-state index contributed by atoms with van der Waals surface area (Å²) in [7, 11) is 0. The third-order valence-corrected chi connectivity index (χ3v) is 18.6. The van der Waals surface area contributed by atoms with Gasteiger partial charge in [0.1, 0.15) is 5.78 Å². The summed E-state index contributed by atoms with van der Waals surface area (Å²) in [6.07, 6.45) is 34.7. The second-order valence-corrected chi connectivity index (χ2v) is 20.7. The molecule has 0 aliphatic heterocycles. The Balaban J connectivity index is 0.000000158. The zero-order chi connectivity index (χ0) is 39.1. The first kappa shape index (κ1) is 39.0. The molecule has 12 atom stereocenters. The third-order valence-electron chi connectivity index (χ3n) is 18.6. The highest BCUT2D eigenvalue weighted by molar-refractivity contribution is 5.92. The Kier molecular flexibility index (Phi) is 9.85. The summed E-state index contributed by atoms with van der Waals surface area (Å²) >= 11 is 0. The van der Waals surface area contributed by atoms with Crippen LogP contribution >= 0.6 is 0 Å². The standard InChI is InChI=1S/C27H36O3.C23H32O2/c1-4-27(30-18(2)28)16-14-25-24-11-9-19-17-21(29-20-7-5-6-8-20)10-12-22(19)23(24)13-15-26(25,27)3;1-14-12-17-18(21(3)9-6-16(25)13-20(14)21)7-11-23(5)19(17)8-10-22(23,4)15(2)24/h1,9,17,20,22-25H,5-8,10-16H2,2-3H3;12-13,17-19H,6-11H2,1-5H3/t22-,23+,24+,25-,26-,27-;17-,18+,19+,21-,22-,23+/m01/s1. The van der Waals surface area contributed by atoms with Crippen LogP contribution in [0.5, 0.6) is 0 Å². The Bertz CT molecular complexity index is 1780. The average molecular weight is 749 g/mol.